The van der Waals surface area contributed by atoms with Crippen LogP contribution in [0.15, 0.2) is 4.42 Å². The standard InChI is InChI=1S/C46H29BN4O25/c1-2-18(52)25(59)10-9-21(55)4-5-16(51-15(4)7(42(9)76-43(10)19(2)53)6-17(51)32(66)39(73)34(68)23(6)57)31(65)14(47)3(20(5)54)8-22(56)11(26(60)33(67)24(8)58)44-48-45(12-27(61)35(69)40(74)36(70)28(12)62)50-46(49-44)13-29(63)37(71)41(75)38(72)30(13)64/h52-75H,47H2,1H3. The van der Waals surface area contributed by atoms with Crippen LogP contribution >= 0.6 is 0 Å². The van der Waals surface area contributed by atoms with Gasteiger partial charge in [0.25, 0.3) is 0 Å². The van der Waals surface area contributed by atoms with Crippen molar-refractivity contribution in [1.82, 2.24) is 19.4 Å². The molecule has 4 heterocycles. The lowest BCUT2D eigenvalue weighted by Gasteiger charge is -2.20. The van der Waals surface area contributed by atoms with Gasteiger partial charge in [-0.15, -0.1) is 0 Å². The van der Waals surface area contributed by atoms with Crippen LogP contribution in [0.4, 0.5) is 0 Å². The number of benzene rings is 7. The van der Waals surface area contributed by atoms with Crippen molar-refractivity contribution in [3.63, 3.8) is 0 Å². The summed E-state index contributed by atoms with van der Waals surface area (Å²) < 4.78 is 6.80. The van der Waals surface area contributed by atoms with Gasteiger partial charge in [0.2, 0.25) is 51.7 Å². The maximum Gasteiger partial charge on any atom is 0.208 e. The minimum atomic E-state index is -1.64. The molecule has 0 bridgehead atoms. The fourth-order valence-corrected chi connectivity index (χ4v) is 9.68. The zero-order chi connectivity index (χ0) is 55.4. The van der Waals surface area contributed by atoms with Gasteiger partial charge in [0.15, 0.2) is 86.3 Å². The van der Waals surface area contributed by atoms with E-state index in [9.17, 15) is 123 Å². The highest BCUT2D eigenvalue weighted by atomic mass is 16.4. The summed E-state index contributed by atoms with van der Waals surface area (Å²) in [6.07, 6.45) is 0. The van der Waals surface area contributed by atoms with E-state index in [2.05, 4.69) is 15.0 Å². The number of furan rings is 1. The largest absolute Gasteiger partial charge is 0.507 e. The number of nitrogens with zero attached hydrogens (tertiary/aromatic N) is 4. The fourth-order valence-electron chi connectivity index (χ4n) is 9.68. The van der Waals surface area contributed by atoms with Crippen LogP contribution in [0.25, 0.3) is 105 Å². The average Bonchev–Trinajstić information content (AvgIpc) is 4.08. The van der Waals surface area contributed by atoms with E-state index in [1.807, 2.05) is 0 Å². The Kier molecular flexibility index (Phi) is 8.94. The maximum atomic E-state index is 12.6. The van der Waals surface area contributed by atoms with Crippen molar-refractivity contribution >= 4 is 73.3 Å². The van der Waals surface area contributed by atoms with E-state index in [1.54, 1.807) is 0 Å². The fraction of sp³-hybridized carbons (Fsp3) is 0.0217. The molecule has 30 heteroatoms. The van der Waals surface area contributed by atoms with Crippen LogP contribution in [0.2, 0.25) is 0 Å². The number of aromatic nitrogens is 4. The van der Waals surface area contributed by atoms with Crippen LogP contribution in [0.5, 0.6) is 138 Å². The van der Waals surface area contributed by atoms with E-state index in [1.165, 1.54) is 6.92 Å². The summed E-state index contributed by atoms with van der Waals surface area (Å²) in [6.45, 7) is 1.17. The monoisotopic (exact) mass is 1050 g/mol. The highest BCUT2D eigenvalue weighted by Crippen LogP contribution is 2.64. The lowest BCUT2D eigenvalue weighted by molar-refractivity contribution is 0.329. The molecule has 0 amide bonds. The summed E-state index contributed by atoms with van der Waals surface area (Å²) in [5.74, 6) is -36.7. The van der Waals surface area contributed by atoms with E-state index in [4.69, 9.17) is 4.42 Å². The number of fused-ring (bicyclic) bond motifs is 10. The lowest BCUT2D eigenvalue weighted by Crippen LogP contribution is -2.10. The quantitative estimate of drug-likeness (QED) is 0.0684. The molecule has 7 aromatic carbocycles. The molecule has 0 aliphatic heterocycles. The van der Waals surface area contributed by atoms with Crippen LogP contribution in [0.3, 0.4) is 0 Å². The van der Waals surface area contributed by atoms with Crippen molar-refractivity contribution in [2.24, 2.45) is 0 Å². The summed E-state index contributed by atoms with van der Waals surface area (Å²) >= 11 is 0. The van der Waals surface area contributed by atoms with Gasteiger partial charge < -0.3 is 131 Å². The molecular formula is C46H29BN4O25. The predicted molar refractivity (Wildman–Crippen MR) is 256 cm³/mol. The Bertz CT molecular complexity index is 4460. The number of phenols is 24. The Morgan fingerprint density at radius 2 is 0.618 bits per heavy atom. The van der Waals surface area contributed by atoms with Crippen molar-refractivity contribution in [3.05, 3.63) is 5.56 Å². The van der Waals surface area contributed by atoms with Crippen molar-refractivity contribution < 1.29 is 127 Å². The summed E-state index contributed by atoms with van der Waals surface area (Å²) in [5, 5.41) is 264. The Morgan fingerprint density at radius 1 is 0.276 bits per heavy atom. The van der Waals surface area contributed by atoms with Gasteiger partial charge in [-0.25, -0.2) is 15.0 Å². The first-order chi connectivity index (χ1) is 35.6. The van der Waals surface area contributed by atoms with Gasteiger partial charge >= 0.3 is 0 Å². The summed E-state index contributed by atoms with van der Waals surface area (Å²) in [5.41, 5.74) is -9.99. The van der Waals surface area contributed by atoms with Crippen LogP contribution in [-0.2, 0) is 0 Å². The van der Waals surface area contributed by atoms with Gasteiger partial charge in [-0.1, -0.05) is 0 Å². The van der Waals surface area contributed by atoms with Crippen LogP contribution in [0.1, 0.15) is 5.56 Å². The van der Waals surface area contributed by atoms with E-state index < -0.39 is 249 Å². The van der Waals surface area contributed by atoms with Gasteiger partial charge in [-0.3, -0.25) is 0 Å². The average molecular weight is 1050 g/mol. The second-order valence-electron chi connectivity index (χ2n) is 17.2. The molecule has 0 saturated heterocycles. The molecule has 24 N–H and O–H groups in total. The number of phenolic OH excluding ortho intramolecular Hbond substituents is 24. The first-order valence-electron chi connectivity index (χ1n) is 21.0. The maximum absolute atomic E-state index is 12.6. The van der Waals surface area contributed by atoms with Gasteiger partial charge in [-0.2, -0.15) is 0 Å². The molecule has 11 aromatic rings. The molecule has 0 saturated carbocycles. The molecule has 29 nitrogen and oxygen atoms in total. The molecule has 0 radical (unpaired) electrons. The molecule has 386 valence electrons. The minimum absolute atomic E-state index is 0.336. The zero-order valence-electron chi connectivity index (χ0n) is 37.4. The number of hydrogen-bond donors (Lipinski definition) is 24. The molecule has 0 fully saturated rings. The third kappa shape index (κ3) is 5.22. The second-order valence-corrected chi connectivity index (χ2v) is 17.2. The molecule has 0 unspecified atom stereocenters. The number of hydrogen-bond acceptors (Lipinski definition) is 28. The SMILES string of the molecule is Bc1c(-c2c(O)c(O)c(O)c(-c3nc(-c4c(O)c(O)c(O)c(O)c4O)nc(-c4c(O)c(O)c(O)c(O)c4O)n3)c2O)c(O)c2c3c(O)c4c(oc5c(O)c(C)c(O)c(O)c54)c4c5c(O)c(O)c(O)c(O)c5n(c2c1O)c34. The molecule has 0 aliphatic rings. The van der Waals surface area contributed by atoms with Gasteiger partial charge in [-0.05, 0) is 12.4 Å². The second kappa shape index (κ2) is 14.5. The third-order valence-electron chi connectivity index (χ3n) is 13.4. The number of rotatable bonds is 4. The van der Waals surface area contributed by atoms with E-state index in [0.717, 1.165) is 12.2 Å². The van der Waals surface area contributed by atoms with Gasteiger partial charge in [0, 0.05) is 11.1 Å². The first-order valence-corrected chi connectivity index (χ1v) is 21.0. The predicted octanol–water partition coefficient (Wildman–Crippen LogP) is 3.09. The van der Waals surface area contributed by atoms with E-state index >= 15 is 0 Å². The van der Waals surface area contributed by atoms with Crippen molar-refractivity contribution in [1.29, 1.82) is 0 Å². The van der Waals surface area contributed by atoms with E-state index in [-0.39, 0.29) is 5.56 Å². The summed E-state index contributed by atoms with van der Waals surface area (Å²) in [7, 11) is 0.995. The highest BCUT2D eigenvalue weighted by molar-refractivity contribution is 6.44. The van der Waals surface area contributed by atoms with Gasteiger partial charge in [0.05, 0.1) is 48.9 Å². The molecule has 4 aromatic heterocycles. The smallest absolute Gasteiger partial charge is 0.208 e. The summed E-state index contributed by atoms with van der Waals surface area (Å²) in [4.78, 5) is 11.6. The van der Waals surface area contributed by atoms with Crippen molar-refractivity contribution in [2.45, 2.75) is 6.92 Å². The third-order valence-corrected chi connectivity index (χ3v) is 13.4. The lowest BCUT2D eigenvalue weighted by atomic mass is 9.82. The summed E-state index contributed by atoms with van der Waals surface area (Å²) in [6, 6.07) is 0. The van der Waals surface area contributed by atoms with Gasteiger partial charge in [0.1, 0.15) is 58.6 Å². The van der Waals surface area contributed by atoms with Crippen LogP contribution in [0, 0.1) is 6.92 Å². The topological polar surface area (TPSA) is 542 Å². The molecule has 0 spiro atoms. The molecular weight excluding hydrogens is 1020 g/mol. The van der Waals surface area contributed by atoms with Crippen molar-refractivity contribution in [2.75, 3.05) is 0 Å². The normalized spacial score (nSPS) is 12.0. The Morgan fingerprint density at radius 3 is 1.11 bits per heavy atom. The van der Waals surface area contributed by atoms with E-state index in [0.29, 0.717) is 0 Å². The van der Waals surface area contributed by atoms with Crippen LogP contribution in [-0.4, -0.2) is 150 Å². The molecule has 0 atom stereocenters. The van der Waals surface area contributed by atoms with Crippen LogP contribution < -0.4 is 5.46 Å². The van der Waals surface area contributed by atoms with Crippen molar-refractivity contribution in [3.8, 4) is 183 Å². The Balaban J connectivity index is 1.31. The zero-order valence-corrected chi connectivity index (χ0v) is 37.4. The first kappa shape index (κ1) is 46.8. The number of aromatic hydroxyl groups is 24. The Labute approximate surface area is 414 Å². The minimum Gasteiger partial charge on any atom is -0.507 e. The Hall–Kier alpha value is -11.6. The molecule has 0 aliphatic carbocycles. The molecule has 11 rings (SSSR count). The molecule has 76 heavy (non-hydrogen) atoms. The highest BCUT2D eigenvalue weighted by Gasteiger charge is 2.40.